The van der Waals surface area contributed by atoms with Gasteiger partial charge in [-0.05, 0) is 36.5 Å². The summed E-state index contributed by atoms with van der Waals surface area (Å²) in [5.74, 6) is -3.12. The lowest BCUT2D eigenvalue weighted by atomic mass is 9.99. The zero-order valence-corrected chi connectivity index (χ0v) is 8.51. The molecule has 1 aliphatic rings. The lowest BCUT2D eigenvalue weighted by molar-refractivity contribution is -0.137. The maximum Gasteiger partial charge on any atom is 0.416 e. The first-order valence-electron chi connectivity index (χ1n) is 4.94. The van der Waals surface area contributed by atoms with Crippen LogP contribution in [0.15, 0.2) is 12.1 Å². The van der Waals surface area contributed by atoms with E-state index in [1.165, 1.54) is 0 Å². The zero-order chi connectivity index (χ0) is 12.8. The summed E-state index contributed by atoms with van der Waals surface area (Å²) in [4.78, 5) is 10.8. The summed E-state index contributed by atoms with van der Waals surface area (Å²) in [6, 6.07) is 0.972. The quantitative estimate of drug-likeness (QED) is 0.814. The first-order valence-corrected chi connectivity index (χ1v) is 4.94. The summed E-state index contributed by atoms with van der Waals surface area (Å²) in [5, 5.41) is 8.80. The van der Waals surface area contributed by atoms with Gasteiger partial charge in [0.25, 0.3) is 0 Å². The second-order valence-electron chi connectivity index (χ2n) is 4.00. The number of carboxylic acids is 1. The fourth-order valence-corrected chi connectivity index (χ4v) is 1.73. The van der Waals surface area contributed by atoms with Gasteiger partial charge in [0.05, 0.1) is 11.1 Å². The number of halogens is 4. The van der Waals surface area contributed by atoms with E-state index < -0.39 is 29.1 Å². The van der Waals surface area contributed by atoms with Gasteiger partial charge in [0.15, 0.2) is 0 Å². The van der Waals surface area contributed by atoms with Crippen LogP contribution in [-0.2, 0) is 6.18 Å². The van der Waals surface area contributed by atoms with Gasteiger partial charge in [-0.2, -0.15) is 13.2 Å². The second kappa shape index (κ2) is 3.72. The number of carboxylic acid groups (broad SMARTS) is 1. The van der Waals surface area contributed by atoms with Crippen molar-refractivity contribution in [3.63, 3.8) is 0 Å². The van der Waals surface area contributed by atoms with Crippen molar-refractivity contribution in [3.05, 3.63) is 34.6 Å². The molecule has 6 heteroatoms. The Hall–Kier alpha value is -1.59. The van der Waals surface area contributed by atoms with E-state index in [0.717, 1.165) is 6.07 Å². The first kappa shape index (κ1) is 11.9. The largest absolute Gasteiger partial charge is 0.478 e. The predicted octanol–water partition coefficient (Wildman–Crippen LogP) is 3.42. The Morgan fingerprint density at radius 3 is 2.29 bits per heavy atom. The molecule has 1 aromatic rings. The number of hydrogen-bond acceptors (Lipinski definition) is 1. The van der Waals surface area contributed by atoms with E-state index in [0.29, 0.717) is 12.8 Å². The Morgan fingerprint density at radius 2 is 1.88 bits per heavy atom. The lowest BCUT2D eigenvalue weighted by Gasteiger charge is -2.12. The van der Waals surface area contributed by atoms with Gasteiger partial charge in [-0.3, -0.25) is 0 Å². The van der Waals surface area contributed by atoms with E-state index >= 15 is 0 Å². The Kier molecular flexibility index (Phi) is 2.60. The van der Waals surface area contributed by atoms with Crippen LogP contribution in [0.25, 0.3) is 0 Å². The van der Waals surface area contributed by atoms with Gasteiger partial charge in [-0.15, -0.1) is 0 Å². The average Bonchev–Trinajstić information content (AvgIpc) is 2.96. The molecule has 0 heterocycles. The van der Waals surface area contributed by atoms with Crippen LogP contribution in [-0.4, -0.2) is 11.1 Å². The average molecular weight is 248 g/mol. The molecule has 17 heavy (non-hydrogen) atoms. The van der Waals surface area contributed by atoms with Crippen molar-refractivity contribution in [3.8, 4) is 0 Å². The fourth-order valence-electron chi connectivity index (χ4n) is 1.73. The minimum atomic E-state index is -4.67. The van der Waals surface area contributed by atoms with Crippen LogP contribution in [0.3, 0.4) is 0 Å². The van der Waals surface area contributed by atoms with E-state index in [1.54, 1.807) is 0 Å². The molecule has 2 rings (SSSR count). The summed E-state index contributed by atoms with van der Waals surface area (Å²) in [5.41, 5.74) is -1.83. The molecule has 0 aromatic heterocycles. The topological polar surface area (TPSA) is 37.3 Å². The summed E-state index contributed by atoms with van der Waals surface area (Å²) >= 11 is 0. The number of hydrogen-bond donors (Lipinski definition) is 1. The van der Waals surface area contributed by atoms with Crippen LogP contribution in [0.1, 0.15) is 40.2 Å². The minimum Gasteiger partial charge on any atom is -0.478 e. The normalized spacial score (nSPS) is 16.0. The lowest BCUT2D eigenvalue weighted by Crippen LogP contribution is -2.11. The van der Waals surface area contributed by atoms with Crippen LogP contribution in [0.5, 0.6) is 0 Å². The highest BCUT2D eigenvalue weighted by atomic mass is 19.4. The molecule has 0 radical (unpaired) electrons. The Balaban J connectivity index is 2.60. The van der Waals surface area contributed by atoms with Crippen LogP contribution in [0.4, 0.5) is 17.6 Å². The number of benzene rings is 1. The molecule has 2 nitrogen and oxygen atoms in total. The van der Waals surface area contributed by atoms with Crippen molar-refractivity contribution in [1.82, 2.24) is 0 Å². The molecule has 0 saturated heterocycles. The highest BCUT2D eigenvalue weighted by Gasteiger charge is 2.36. The maximum atomic E-state index is 13.4. The van der Waals surface area contributed by atoms with Gasteiger partial charge in [0.1, 0.15) is 5.82 Å². The fraction of sp³-hybridized carbons (Fsp3) is 0.364. The molecule has 1 saturated carbocycles. The molecule has 1 aliphatic carbocycles. The molecule has 0 spiro atoms. The zero-order valence-electron chi connectivity index (χ0n) is 8.51. The van der Waals surface area contributed by atoms with Gasteiger partial charge < -0.3 is 5.11 Å². The predicted molar refractivity (Wildman–Crippen MR) is 50.3 cm³/mol. The van der Waals surface area contributed by atoms with Gasteiger partial charge in [-0.25, -0.2) is 9.18 Å². The molecule has 92 valence electrons. The third-order valence-corrected chi connectivity index (χ3v) is 2.68. The first-order chi connectivity index (χ1) is 7.80. The Bertz CT molecular complexity index is 475. The van der Waals surface area contributed by atoms with Crippen molar-refractivity contribution in [2.75, 3.05) is 0 Å². The van der Waals surface area contributed by atoms with Gasteiger partial charge in [0.2, 0.25) is 0 Å². The van der Waals surface area contributed by atoms with Crippen molar-refractivity contribution < 1.29 is 27.5 Å². The van der Waals surface area contributed by atoms with Crippen molar-refractivity contribution in [2.45, 2.75) is 24.9 Å². The molecule has 1 N–H and O–H groups in total. The highest BCUT2D eigenvalue weighted by molar-refractivity contribution is 5.90. The Labute approximate surface area is 93.9 Å². The number of rotatable bonds is 2. The van der Waals surface area contributed by atoms with Gasteiger partial charge in [-0.1, -0.05) is 0 Å². The van der Waals surface area contributed by atoms with Crippen LogP contribution in [0.2, 0.25) is 0 Å². The standard InChI is InChI=1S/C11H8F4O2/c12-8-4-6(11(13,14)15)3-7(5-1-2-5)9(8)10(16)17/h3-5H,1-2H2,(H,16,17). The van der Waals surface area contributed by atoms with E-state index in [1.807, 2.05) is 0 Å². The monoisotopic (exact) mass is 248 g/mol. The smallest absolute Gasteiger partial charge is 0.416 e. The van der Waals surface area contributed by atoms with Crippen molar-refractivity contribution in [2.24, 2.45) is 0 Å². The van der Waals surface area contributed by atoms with Crippen LogP contribution < -0.4 is 0 Å². The Morgan fingerprint density at radius 1 is 1.29 bits per heavy atom. The second-order valence-corrected chi connectivity index (χ2v) is 4.00. The molecule has 0 bridgehead atoms. The minimum absolute atomic E-state index is 0.0511. The van der Waals surface area contributed by atoms with Crippen molar-refractivity contribution in [1.29, 1.82) is 0 Å². The van der Waals surface area contributed by atoms with E-state index in [2.05, 4.69) is 0 Å². The molecule has 1 fully saturated rings. The maximum absolute atomic E-state index is 13.4. The molecular formula is C11H8F4O2. The molecule has 0 unspecified atom stereocenters. The van der Waals surface area contributed by atoms with Gasteiger partial charge in [0, 0.05) is 0 Å². The summed E-state index contributed by atoms with van der Waals surface area (Å²) in [6.45, 7) is 0. The number of alkyl halides is 3. The van der Waals surface area contributed by atoms with E-state index in [4.69, 9.17) is 5.11 Å². The summed E-state index contributed by atoms with van der Waals surface area (Å²) in [6.07, 6.45) is -3.47. The molecule has 1 aromatic carbocycles. The molecule has 0 atom stereocenters. The van der Waals surface area contributed by atoms with Crippen molar-refractivity contribution >= 4 is 5.97 Å². The molecular weight excluding hydrogens is 240 g/mol. The third-order valence-electron chi connectivity index (χ3n) is 2.68. The van der Waals surface area contributed by atoms with Crippen LogP contribution in [0, 0.1) is 5.82 Å². The van der Waals surface area contributed by atoms with E-state index in [9.17, 15) is 22.4 Å². The summed E-state index contributed by atoms with van der Waals surface area (Å²) < 4.78 is 50.8. The number of carbonyl (C=O) groups is 1. The third kappa shape index (κ3) is 2.25. The van der Waals surface area contributed by atoms with Crippen LogP contribution >= 0.6 is 0 Å². The highest BCUT2D eigenvalue weighted by Crippen LogP contribution is 2.44. The SMILES string of the molecule is O=C(O)c1c(F)cc(C(F)(F)F)cc1C1CC1. The molecule has 0 aliphatic heterocycles. The number of aromatic carboxylic acids is 1. The van der Waals surface area contributed by atoms with E-state index in [-0.39, 0.29) is 17.5 Å². The summed E-state index contributed by atoms with van der Waals surface area (Å²) in [7, 11) is 0. The van der Waals surface area contributed by atoms with Gasteiger partial charge >= 0.3 is 12.1 Å². The molecule has 0 amide bonds.